The molecule has 0 bridgehead atoms. The number of rotatable bonds is 8. The van der Waals surface area contributed by atoms with Gasteiger partial charge in [-0.05, 0) is 51.2 Å². The van der Waals surface area contributed by atoms with Crippen molar-refractivity contribution in [3.8, 4) is 0 Å². The van der Waals surface area contributed by atoms with E-state index in [4.69, 9.17) is 13.9 Å². The van der Waals surface area contributed by atoms with Gasteiger partial charge >= 0.3 is 0 Å². The van der Waals surface area contributed by atoms with Crippen LogP contribution in [0.4, 0.5) is 0 Å². The summed E-state index contributed by atoms with van der Waals surface area (Å²) in [4.78, 5) is 0. The van der Waals surface area contributed by atoms with Gasteiger partial charge in [0.2, 0.25) is 0 Å². The van der Waals surface area contributed by atoms with Crippen molar-refractivity contribution in [3.05, 3.63) is 12.2 Å². The van der Waals surface area contributed by atoms with Gasteiger partial charge in [0.1, 0.15) is 12.2 Å². The third-order valence-electron chi connectivity index (χ3n) is 5.77. The molecule has 0 aliphatic carbocycles. The lowest BCUT2D eigenvalue weighted by Gasteiger charge is -2.39. The molecular weight excluding hydrogens is 344 g/mol. The first-order valence-electron chi connectivity index (χ1n) is 10.1. The molecule has 0 saturated carbocycles. The lowest BCUT2D eigenvalue weighted by atomic mass is 10.0. The highest BCUT2D eigenvalue weighted by Gasteiger charge is 2.43. The minimum atomic E-state index is -1.79. The van der Waals surface area contributed by atoms with Gasteiger partial charge < -0.3 is 19.0 Å². The van der Waals surface area contributed by atoms with Crippen molar-refractivity contribution in [3.63, 3.8) is 0 Å². The molecule has 1 unspecified atom stereocenters. The third kappa shape index (κ3) is 6.45. The van der Waals surface area contributed by atoms with Gasteiger partial charge in [0.25, 0.3) is 0 Å². The molecule has 1 aliphatic rings. The van der Waals surface area contributed by atoms with Crippen LogP contribution in [0.25, 0.3) is 0 Å². The van der Waals surface area contributed by atoms with E-state index in [1.165, 1.54) is 0 Å². The molecule has 5 atom stereocenters. The second kappa shape index (κ2) is 8.87. The van der Waals surface area contributed by atoms with Crippen LogP contribution in [0.15, 0.2) is 12.2 Å². The Balaban J connectivity index is 2.70. The number of hydrogen-bond donors (Lipinski definition) is 1. The first-order chi connectivity index (χ1) is 11.7. The quantitative estimate of drug-likeness (QED) is 0.456. The molecule has 0 aromatic carbocycles. The van der Waals surface area contributed by atoms with E-state index in [2.05, 4.69) is 60.7 Å². The molecule has 154 valence electrons. The van der Waals surface area contributed by atoms with Crippen LogP contribution >= 0.6 is 0 Å². The molecule has 0 amide bonds. The molecule has 1 saturated heterocycles. The summed E-state index contributed by atoms with van der Waals surface area (Å²) in [7, 11) is -1.79. The van der Waals surface area contributed by atoms with Crippen molar-refractivity contribution in [2.45, 2.75) is 117 Å². The maximum absolute atomic E-state index is 10.6. The zero-order chi connectivity index (χ0) is 20.3. The summed E-state index contributed by atoms with van der Waals surface area (Å²) < 4.78 is 18.4. The summed E-state index contributed by atoms with van der Waals surface area (Å²) in [5, 5.41) is 10.8. The fraction of sp³-hybridized carbons (Fsp3) is 0.905. The van der Waals surface area contributed by atoms with Crippen molar-refractivity contribution >= 4 is 8.32 Å². The highest BCUT2D eigenvalue weighted by molar-refractivity contribution is 6.74. The van der Waals surface area contributed by atoms with Gasteiger partial charge in [-0.25, -0.2) is 0 Å². The Kier molecular flexibility index (Phi) is 8.13. The monoisotopic (exact) mass is 386 g/mol. The Bertz CT molecular complexity index is 467. The van der Waals surface area contributed by atoms with Gasteiger partial charge in [0, 0.05) is 6.10 Å². The van der Waals surface area contributed by atoms with E-state index >= 15 is 0 Å². The average Bonchev–Trinajstić information content (AvgIpc) is 2.78. The maximum atomic E-state index is 10.6. The number of aliphatic hydroxyl groups is 1. The minimum absolute atomic E-state index is 0.0640. The standard InChI is InChI=1S/C21H42O4Si/c1-11-12-18-19(24-21(7,8)23-18)17(22)14-13-15(2)16(3)25-26(9,10)20(4,5)6/h13-19,22H,11-12H2,1-10H3/b14-13-/t15-,16+,17?,18+,19-/m1/s1. The maximum Gasteiger partial charge on any atom is 0.192 e. The molecule has 0 spiro atoms. The highest BCUT2D eigenvalue weighted by atomic mass is 28.4. The molecule has 1 aliphatic heterocycles. The van der Waals surface area contributed by atoms with Gasteiger partial charge in [-0.15, -0.1) is 0 Å². The second-order valence-electron chi connectivity index (χ2n) is 9.75. The van der Waals surface area contributed by atoms with Crippen molar-refractivity contribution in [1.29, 1.82) is 0 Å². The number of hydrogen-bond acceptors (Lipinski definition) is 4. The largest absolute Gasteiger partial charge is 0.414 e. The summed E-state index contributed by atoms with van der Waals surface area (Å²) in [5.41, 5.74) is 0. The lowest BCUT2D eigenvalue weighted by molar-refractivity contribution is -0.152. The minimum Gasteiger partial charge on any atom is -0.414 e. The third-order valence-corrected chi connectivity index (χ3v) is 10.3. The topological polar surface area (TPSA) is 47.9 Å². The van der Waals surface area contributed by atoms with Crippen LogP contribution in [0.5, 0.6) is 0 Å². The van der Waals surface area contributed by atoms with E-state index in [1.54, 1.807) is 0 Å². The first-order valence-corrected chi connectivity index (χ1v) is 13.0. The van der Waals surface area contributed by atoms with Crippen LogP contribution in [0, 0.1) is 5.92 Å². The van der Waals surface area contributed by atoms with Crippen LogP contribution < -0.4 is 0 Å². The summed E-state index contributed by atoms with van der Waals surface area (Å²) in [5.74, 6) is -0.414. The smallest absolute Gasteiger partial charge is 0.192 e. The Labute approximate surface area is 162 Å². The van der Waals surface area contributed by atoms with Crippen molar-refractivity contribution in [2.75, 3.05) is 0 Å². The summed E-state index contributed by atoms with van der Waals surface area (Å²) in [6, 6.07) is 0. The molecule has 1 heterocycles. The van der Waals surface area contributed by atoms with Gasteiger partial charge in [-0.3, -0.25) is 0 Å². The Morgan fingerprint density at radius 3 is 2.23 bits per heavy atom. The van der Waals surface area contributed by atoms with E-state index in [0.29, 0.717) is 0 Å². The van der Waals surface area contributed by atoms with Gasteiger partial charge in [0.15, 0.2) is 14.1 Å². The number of aliphatic hydroxyl groups excluding tert-OH is 1. The van der Waals surface area contributed by atoms with E-state index in [0.717, 1.165) is 12.8 Å². The van der Waals surface area contributed by atoms with Gasteiger partial charge in [0.05, 0.1) is 6.10 Å². The second-order valence-corrected chi connectivity index (χ2v) is 14.5. The highest BCUT2D eigenvalue weighted by Crippen LogP contribution is 2.38. The molecule has 5 heteroatoms. The molecular formula is C21H42O4Si. The van der Waals surface area contributed by atoms with E-state index in [9.17, 15) is 5.11 Å². The summed E-state index contributed by atoms with van der Waals surface area (Å²) in [6.45, 7) is 21.5. The molecule has 0 aromatic rings. The van der Waals surface area contributed by atoms with Gasteiger partial charge in [-0.1, -0.05) is 53.2 Å². The fourth-order valence-corrected chi connectivity index (χ4v) is 4.46. The molecule has 26 heavy (non-hydrogen) atoms. The van der Waals surface area contributed by atoms with Crippen molar-refractivity contribution in [2.24, 2.45) is 5.92 Å². The van der Waals surface area contributed by atoms with Crippen LogP contribution in [0.1, 0.15) is 68.2 Å². The number of ether oxygens (including phenoxy) is 2. The van der Waals surface area contributed by atoms with Crippen LogP contribution in [-0.4, -0.2) is 43.6 Å². The Morgan fingerprint density at radius 1 is 1.15 bits per heavy atom. The van der Waals surface area contributed by atoms with Crippen molar-refractivity contribution in [1.82, 2.24) is 0 Å². The zero-order valence-electron chi connectivity index (χ0n) is 18.6. The predicted octanol–water partition coefficient (Wildman–Crippen LogP) is 5.27. The predicted molar refractivity (Wildman–Crippen MR) is 111 cm³/mol. The molecule has 1 N–H and O–H groups in total. The SMILES string of the molecule is CCC[C@@H]1OC(C)(C)O[C@@H]1C(O)/C=C\[C@@H](C)[C@H](C)O[Si](C)(C)C(C)(C)C. The van der Waals surface area contributed by atoms with Crippen LogP contribution in [0.2, 0.25) is 18.1 Å². The van der Waals surface area contributed by atoms with E-state index < -0.39 is 20.2 Å². The zero-order valence-corrected chi connectivity index (χ0v) is 19.6. The molecule has 0 radical (unpaired) electrons. The average molecular weight is 387 g/mol. The Hall–Kier alpha value is -0.203. The van der Waals surface area contributed by atoms with Crippen LogP contribution in [-0.2, 0) is 13.9 Å². The molecule has 4 nitrogen and oxygen atoms in total. The van der Waals surface area contributed by atoms with E-state index in [-0.39, 0.29) is 29.3 Å². The first kappa shape index (κ1) is 23.8. The normalized spacial score (nSPS) is 27.7. The fourth-order valence-electron chi connectivity index (χ4n) is 2.96. The molecule has 1 fully saturated rings. The molecule has 0 aromatic heterocycles. The Morgan fingerprint density at radius 2 is 1.73 bits per heavy atom. The van der Waals surface area contributed by atoms with Crippen LogP contribution in [0.3, 0.4) is 0 Å². The van der Waals surface area contributed by atoms with E-state index in [1.807, 2.05) is 19.9 Å². The lowest BCUT2D eigenvalue weighted by Crippen LogP contribution is -2.44. The van der Waals surface area contributed by atoms with Crippen molar-refractivity contribution < 1.29 is 19.0 Å². The van der Waals surface area contributed by atoms with Gasteiger partial charge in [-0.2, -0.15) is 0 Å². The summed E-state index contributed by atoms with van der Waals surface area (Å²) >= 11 is 0. The molecule has 1 rings (SSSR count). The summed E-state index contributed by atoms with van der Waals surface area (Å²) in [6.07, 6.45) is 4.87.